The van der Waals surface area contributed by atoms with Gasteiger partial charge in [0.15, 0.2) is 0 Å². The van der Waals surface area contributed by atoms with Crippen LogP contribution in [-0.4, -0.2) is 46.6 Å². The quantitative estimate of drug-likeness (QED) is 0.816. The first kappa shape index (κ1) is 12.5. The van der Waals surface area contributed by atoms with Crippen LogP contribution in [0, 0.1) is 5.92 Å². The maximum atomic E-state index is 12.4. The molecule has 5 heteroatoms. The second-order valence-corrected chi connectivity index (χ2v) is 5.34. The molecule has 1 aromatic heterocycles. The van der Waals surface area contributed by atoms with E-state index in [1.807, 2.05) is 4.90 Å². The third kappa shape index (κ3) is 2.76. The van der Waals surface area contributed by atoms with Crippen molar-refractivity contribution in [2.75, 3.05) is 19.8 Å². The topological polar surface area (TPSA) is 55.3 Å². The van der Waals surface area contributed by atoms with Crippen LogP contribution in [0.25, 0.3) is 0 Å². The largest absolute Gasteiger partial charge is 0.377 e. The number of aromatic nitrogens is 2. The van der Waals surface area contributed by atoms with Gasteiger partial charge in [-0.1, -0.05) is 6.42 Å². The Morgan fingerprint density at radius 2 is 2.16 bits per heavy atom. The molecule has 5 nitrogen and oxygen atoms in total. The molecule has 2 fully saturated rings. The van der Waals surface area contributed by atoms with Crippen molar-refractivity contribution < 1.29 is 9.53 Å². The third-order valence-corrected chi connectivity index (χ3v) is 4.15. The SMILES string of the molecule is O=C(Cc1cncnc1)N1CCOCC1C1CCC1. The van der Waals surface area contributed by atoms with Gasteiger partial charge in [0.25, 0.3) is 0 Å². The molecule has 1 aliphatic heterocycles. The van der Waals surface area contributed by atoms with Gasteiger partial charge in [-0.15, -0.1) is 0 Å². The molecule has 1 unspecified atom stereocenters. The van der Waals surface area contributed by atoms with Gasteiger partial charge < -0.3 is 9.64 Å². The van der Waals surface area contributed by atoms with Gasteiger partial charge in [-0.25, -0.2) is 9.97 Å². The lowest BCUT2D eigenvalue weighted by molar-refractivity contribution is -0.143. The van der Waals surface area contributed by atoms with Crippen molar-refractivity contribution >= 4 is 5.91 Å². The minimum atomic E-state index is 0.176. The summed E-state index contributed by atoms with van der Waals surface area (Å²) in [5.41, 5.74) is 0.881. The predicted octanol–water partition coefficient (Wildman–Crippen LogP) is 1.05. The summed E-state index contributed by atoms with van der Waals surface area (Å²) < 4.78 is 5.55. The minimum Gasteiger partial charge on any atom is -0.377 e. The van der Waals surface area contributed by atoms with Crippen LogP contribution in [0.5, 0.6) is 0 Å². The van der Waals surface area contributed by atoms with Gasteiger partial charge in [0.05, 0.1) is 25.7 Å². The normalized spacial score (nSPS) is 24.0. The zero-order valence-electron chi connectivity index (χ0n) is 11.0. The van der Waals surface area contributed by atoms with Crippen LogP contribution in [0.15, 0.2) is 18.7 Å². The summed E-state index contributed by atoms with van der Waals surface area (Å²) in [5.74, 6) is 0.811. The number of amides is 1. The summed E-state index contributed by atoms with van der Waals surface area (Å²) >= 11 is 0. The second kappa shape index (κ2) is 5.65. The zero-order valence-corrected chi connectivity index (χ0v) is 11.0. The highest BCUT2D eigenvalue weighted by Crippen LogP contribution is 2.33. The molecule has 0 aromatic carbocycles. The van der Waals surface area contributed by atoms with Gasteiger partial charge in [0.2, 0.25) is 5.91 Å². The van der Waals surface area contributed by atoms with E-state index in [0.717, 1.165) is 5.56 Å². The Bertz CT molecular complexity index is 434. The molecule has 19 heavy (non-hydrogen) atoms. The lowest BCUT2D eigenvalue weighted by Gasteiger charge is -2.43. The number of rotatable bonds is 3. The summed E-state index contributed by atoms with van der Waals surface area (Å²) in [6.45, 7) is 2.07. The van der Waals surface area contributed by atoms with E-state index in [0.29, 0.717) is 32.1 Å². The molecular formula is C14H19N3O2. The molecule has 102 valence electrons. The van der Waals surface area contributed by atoms with Crippen LogP contribution in [0.2, 0.25) is 0 Å². The zero-order chi connectivity index (χ0) is 13.1. The average molecular weight is 261 g/mol. The van der Waals surface area contributed by atoms with Gasteiger partial charge in [0, 0.05) is 18.9 Å². The molecule has 1 amide bonds. The van der Waals surface area contributed by atoms with Crippen LogP contribution < -0.4 is 0 Å². The summed E-state index contributed by atoms with van der Waals surface area (Å²) in [6.07, 6.45) is 9.05. The van der Waals surface area contributed by atoms with Crippen molar-refractivity contribution in [2.45, 2.75) is 31.7 Å². The number of ether oxygens (including phenoxy) is 1. The number of carbonyl (C=O) groups is 1. The first-order valence-corrected chi connectivity index (χ1v) is 6.95. The Labute approximate surface area is 113 Å². The number of hydrogen-bond donors (Lipinski definition) is 0. The second-order valence-electron chi connectivity index (χ2n) is 5.34. The van der Waals surface area contributed by atoms with Gasteiger partial charge in [0.1, 0.15) is 6.33 Å². The first-order chi connectivity index (χ1) is 9.34. The average Bonchev–Trinajstić information content (AvgIpc) is 2.38. The van der Waals surface area contributed by atoms with Crippen LogP contribution >= 0.6 is 0 Å². The fourth-order valence-electron chi connectivity index (χ4n) is 2.85. The predicted molar refractivity (Wildman–Crippen MR) is 69.4 cm³/mol. The molecule has 2 heterocycles. The summed E-state index contributed by atoms with van der Waals surface area (Å²) in [4.78, 5) is 22.4. The molecular weight excluding hydrogens is 242 g/mol. The van der Waals surface area contributed by atoms with E-state index in [9.17, 15) is 4.79 Å². The molecule has 1 saturated heterocycles. The van der Waals surface area contributed by atoms with E-state index in [-0.39, 0.29) is 11.9 Å². The van der Waals surface area contributed by atoms with E-state index in [1.165, 1.54) is 25.6 Å². The molecule has 0 radical (unpaired) electrons. The summed E-state index contributed by atoms with van der Waals surface area (Å²) in [7, 11) is 0. The van der Waals surface area contributed by atoms with Crippen molar-refractivity contribution in [1.29, 1.82) is 0 Å². The smallest absolute Gasteiger partial charge is 0.227 e. The van der Waals surface area contributed by atoms with E-state index in [4.69, 9.17) is 4.74 Å². The van der Waals surface area contributed by atoms with Crippen LogP contribution in [0.3, 0.4) is 0 Å². The van der Waals surface area contributed by atoms with Crippen molar-refractivity contribution in [1.82, 2.24) is 14.9 Å². The Hall–Kier alpha value is -1.49. The fourth-order valence-corrected chi connectivity index (χ4v) is 2.85. The Kier molecular flexibility index (Phi) is 3.73. The minimum absolute atomic E-state index is 0.176. The molecule has 1 saturated carbocycles. The lowest BCUT2D eigenvalue weighted by Crippen LogP contribution is -2.54. The summed E-state index contributed by atoms with van der Waals surface area (Å²) in [6, 6.07) is 0.277. The van der Waals surface area contributed by atoms with Gasteiger partial charge >= 0.3 is 0 Å². The molecule has 0 spiro atoms. The number of hydrogen-bond acceptors (Lipinski definition) is 4. The van der Waals surface area contributed by atoms with E-state index < -0.39 is 0 Å². The Balaban J connectivity index is 1.66. The maximum absolute atomic E-state index is 12.4. The fraction of sp³-hybridized carbons (Fsp3) is 0.643. The standard InChI is InChI=1S/C14H19N3O2/c18-14(6-11-7-15-10-16-8-11)17-4-5-19-9-13(17)12-2-1-3-12/h7-8,10,12-13H,1-6,9H2. The van der Waals surface area contributed by atoms with Gasteiger partial charge in [-0.2, -0.15) is 0 Å². The van der Waals surface area contributed by atoms with Crippen LogP contribution in [0.4, 0.5) is 0 Å². The van der Waals surface area contributed by atoms with Crippen LogP contribution in [0.1, 0.15) is 24.8 Å². The third-order valence-electron chi connectivity index (χ3n) is 4.15. The van der Waals surface area contributed by atoms with Crippen molar-refractivity contribution in [3.63, 3.8) is 0 Å². The Morgan fingerprint density at radius 1 is 1.37 bits per heavy atom. The molecule has 0 bridgehead atoms. The molecule has 0 N–H and O–H groups in total. The van der Waals surface area contributed by atoms with Crippen LogP contribution in [-0.2, 0) is 16.0 Å². The molecule has 3 rings (SSSR count). The molecule has 1 aromatic rings. The van der Waals surface area contributed by atoms with Crippen molar-refractivity contribution in [3.05, 3.63) is 24.3 Å². The van der Waals surface area contributed by atoms with Gasteiger partial charge in [-0.05, 0) is 24.3 Å². The number of morpholine rings is 1. The lowest BCUT2D eigenvalue weighted by atomic mass is 9.79. The number of nitrogens with zero attached hydrogens (tertiary/aromatic N) is 3. The highest BCUT2D eigenvalue weighted by Gasteiger charge is 2.36. The van der Waals surface area contributed by atoms with Crippen molar-refractivity contribution in [2.24, 2.45) is 5.92 Å². The first-order valence-electron chi connectivity index (χ1n) is 6.95. The Morgan fingerprint density at radius 3 is 2.84 bits per heavy atom. The molecule has 1 atom stereocenters. The van der Waals surface area contributed by atoms with E-state index in [2.05, 4.69) is 9.97 Å². The van der Waals surface area contributed by atoms with Gasteiger partial charge in [-0.3, -0.25) is 4.79 Å². The highest BCUT2D eigenvalue weighted by molar-refractivity contribution is 5.79. The molecule has 2 aliphatic rings. The van der Waals surface area contributed by atoms with E-state index >= 15 is 0 Å². The summed E-state index contributed by atoms with van der Waals surface area (Å²) in [5, 5.41) is 0. The van der Waals surface area contributed by atoms with E-state index in [1.54, 1.807) is 12.4 Å². The maximum Gasteiger partial charge on any atom is 0.227 e. The van der Waals surface area contributed by atoms with Crippen molar-refractivity contribution in [3.8, 4) is 0 Å². The highest BCUT2D eigenvalue weighted by atomic mass is 16.5. The molecule has 1 aliphatic carbocycles. The monoisotopic (exact) mass is 261 g/mol. The number of carbonyl (C=O) groups excluding carboxylic acids is 1.